The van der Waals surface area contributed by atoms with Crippen molar-refractivity contribution in [3.8, 4) is 11.3 Å². The molecule has 2 aromatic rings. The highest BCUT2D eigenvalue weighted by Gasteiger charge is 2.40. The van der Waals surface area contributed by atoms with E-state index < -0.39 is 11.5 Å². The predicted octanol–water partition coefficient (Wildman–Crippen LogP) is 2.24. The number of amides is 1. The molecule has 132 valence electrons. The Labute approximate surface area is 146 Å². The van der Waals surface area contributed by atoms with E-state index in [4.69, 9.17) is 0 Å². The zero-order valence-corrected chi connectivity index (χ0v) is 14.0. The van der Waals surface area contributed by atoms with Crippen LogP contribution in [-0.2, 0) is 16.1 Å². The predicted molar refractivity (Wildman–Crippen MR) is 91.7 cm³/mol. The fourth-order valence-corrected chi connectivity index (χ4v) is 3.29. The molecule has 1 saturated carbocycles. The normalized spacial score (nSPS) is 16.8. The molecule has 7 heteroatoms. The summed E-state index contributed by atoms with van der Waals surface area (Å²) in [5.41, 5.74) is 0.437. The van der Waals surface area contributed by atoms with Gasteiger partial charge >= 0.3 is 5.97 Å². The minimum atomic E-state index is -1.16. The van der Waals surface area contributed by atoms with Crippen LogP contribution >= 0.6 is 0 Å². The lowest BCUT2D eigenvalue weighted by Gasteiger charge is -2.29. The van der Waals surface area contributed by atoms with Crippen molar-refractivity contribution in [2.45, 2.75) is 50.6 Å². The number of aromatic nitrogens is 3. The third kappa shape index (κ3) is 4.04. The van der Waals surface area contributed by atoms with Gasteiger partial charge in [0.2, 0.25) is 5.91 Å². The first-order valence-corrected chi connectivity index (χ1v) is 8.59. The molecule has 1 aromatic heterocycles. The van der Waals surface area contributed by atoms with E-state index in [1.807, 2.05) is 30.3 Å². The van der Waals surface area contributed by atoms with Crippen molar-refractivity contribution in [1.29, 1.82) is 0 Å². The minimum Gasteiger partial charge on any atom is -0.480 e. The van der Waals surface area contributed by atoms with E-state index in [1.54, 1.807) is 6.20 Å². The van der Waals surface area contributed by atoms with E-state index >= 15 is 0 Å². The molecule has 3 rings (SSSR count). The number of nitrogens with zero attached hydrogens (tertiary/aromatic N) is 3. The van der Waals surface area contributed by atoms with Crippen LogP contribution in [0.3, 0.4) is 0 Å². The molecule has 0 unspecified atom stereocenters. The van der Waals surface area contributed by atoms with Crippen LogP contribution in [0.1, 0.15) is 38.5 Å². The largest absolute Gasteiger partial charge is 0.480 e. The molecule has 25 heavy (non-hydrogen) atoms. The molecule has 0 aliphatic heterocycles. The summed E-state index contributed by atoms with van der Waals surface area (Å²) in [6.07, 6.45) is 6.28. The van der Waals surface area contributed by atoms with Crippen LogP contribution in [0.5, 0.6) is 0 Å². The Morgan fingerprint density at radius 2 is 1.80 bits per heavy atom. The van der Waals surface area contributed by atoms with Crippen molar-refractivity contribution < 1.29 is 14.7 Å². The average molecular weight is 342 g/mol. The Kier molecular flexibility index (Phi) is 5.11. The quantitative estimate of drug-likeness (QED) is 0.812. The van der Waals surface area contributed by atoms with Crippen molar-refractivity contribution >= 4 is 11.9 Å². The Morgan fingerprint density at radius 3 is 2.44 bits per heavy atom. The Morgan fingerprint density at radius 1 is 1.12 bits per heavy atom. The molecular formula is C18H22N4O3. The maximum absolute atomic E-state index is 12.4. The van der Waals surface area contributed by atoms with Gasteiger partial charge in [-0.1, -0.05) is 61.2 Å². The number of carboxylic acids is 1. The highest BCUT2D eigenvalue weighted by atomic mass is 16.4. The van der Waals surface area contributed by atoms with Gasteiger partial charge in [-0.05, 0) is 12.8 Å². The molecule has 0 radical (unpaired) electrons. The molecule has 1 fully saturated rings. The Bertz CT molecular complexity index is 734. The zero-order valence-electron chi connectivity index (χ0n) is 14.0. The lowest BCUT2D eigenvalue weighted by atomic mass is 9.90. The zero-order chi connectivity index (χ0) is 17.7. The molecule has 1 amide bonds. The lowest BCUT2D eigenvalue weighted by Crippen LogP contribution is -2.55. The number of nitrogens with one attached hydrogen (secondary N) is 1. The molecule has 0 spiro atoms. The van der Waals surface area contributed by atoms with Crippen molar-refractivity contribution in [1.82, 2.24) is 20.3 Å². The van der Waals surface area contributed by atoms with Crippen LogP contribution in [0.2, 0.25) is 0 Å². The Balaban J connectivity index is 1.67. The topological polar surface area (TPSA) is 97.1 Å². The second kappa shape index (κ2) is 7.46. The van der Waals surface area contributed by atoms with Crippen LogP contribution in [0.25, 0.3) is 11.3 Å². The maximum atomic E-state index is 12.4. The van der Waals surface area contributed by atoms with E-state index in [2.05, 4.69) is 15.6 Å². The smallest absolute Gasteiger partial charge is 0.329 e. The first kappa shape index (κ1) is 17.1. The van der Waals surface area contributed by atoms with Gasteiger partial charge in [-0.15, -0.1) is 5.10 Å². The van der Waals surface area contributed by atoms with E-state index in [1.165, 1.54) is 4.68 Å². The maximum Gasteiger partial charge on any atom is 0.329 e. The van der Waals surface area contributed by atoms with Crippen molar-refractivity contribution in [2.24, 2.45) is 0 Å². The van der Waals surface area contributed by atoms with Gasteiger partial charge < -0.3 is 10.4 Å². The molecule has 2 N–H and O–H groups in total. The second-order valence-corrected chi connectivity index (χ2v) is 6.52. The number of rotatable bonds is 5. The number of aliphatic carboxylic acids is 1. The summed E-state index contributed by atoms with van der Waals surface area (Å²) in [5.74, 6) is -1.31. The molecule has 0 atom stereocenters. The summed E-state index contributed by atoms with van der Waals surface area (Å²) < 4.78 is 1.43. The number of carbonyl (C=O) groups is 2. The summed E-state index contributed by atoms with van der Waals surface area (Å²) in [6.45, 7) is -0.0468. The van der Waals surface area contributed by atoms with Crippen LogP contribution in [-0.4, -0.2) is 37.5 Å². The first-order valence-electron chi connectivity index (χ1n) is 8.59. The molecule has 1 aliphatic rings. The van der Waals surface area contributed by atoms with Gasteiger partial charge in [0, 0.05) is 5.56 Å². The van der Waals surface area contributed by atoms with Crippen molar-refractivity contribution in [3.05, 3.63) is 36.5 Å². The van der Waals surface area contributed by atoms with Crippen LogP contribution in [0.4, 0.5) is 0 Å². The van der Waals surface area contributed by atoms with Gasteiger partial charge in [0.15, 0.2) is 0 Å². The second-order valence-electron chi connectivity index (χ2n) is 6.52. The van der Waals surface area contributed by atoms with Crippen molar-refractivity contribution in [2.75, 3.05) is 0 Å². The van der Waals surface area contributed by atoms with E-state index in [-0.39, 0.29) is 12.5 Å². The highest BCUT2D eigenvalue weighted by molar-refractivity contribution is 5.87. The number of benzene rings is 1. The molecule has 7 nitrogen and oxygen atoms in total. The molecule has 0 saturated heterocycles. The fourth-order valence-electron chi connectivity index (χ4n) is 3.29. The van der Waals surface area contributed by atoms with Crippen molar-refractivity contribution in [3.63, 3.8) is 0 Å². The van der Waals surface area contributed by atoms with Gasteiger partial charge in [-0.3, -0.25) is 4.79 Å². The molecule has 1 aliphatic carbocycles. The SMILES string of the molecule is O=C(Cn1cc(-c2ccccc2)nn1)NC1(C(=O)O)CCCCCC1. The highest BCUT2D eigenvalue weighted by Crippen LogP contribution is 2.27. The van der Waals surface area contributed by atoms with Gasteiger partial charge in [0.1, 0.15) is 17.8 Å². The third-order valence-electron chi connectivity index (χ3n) is 4.66. The standard InChI is InChI=1S/C18H22N4O3/c23-16(19-18(17(24)25)10-6-1-2-7-11-18)13-22-12-15(20-21-22)14-8-4-3-5-9-14/h3-5,8-9,12H,1-2,6-7,10-11,13H2,(H,19,23)(H,24,25). The third-order valence-corrected chi connectivity index (χ3v) is 4.66. The number of carbonyl (C=O) groups excluding carboxylic acids is 1. The van der Waals surface area contributed by atoms with Gasteiger partial charge in [0.25, 0.3) is 0 Å². The van der Waals surface area contributed by atoms with Gasteiger partial charge in [-0.25, -0.2) is 9.48 Å². The van der Waals surface area contributed by atoms with Gasteiger partial charge in [-0.2, -0.15) is 0 Å². The van der Waals surface area contributed by atoms with E-state index in [9.17, 15) is 14.7 Å². The summed E-state index contributed by atoms with van der Waals surface area (Å²) in [4.78, 5) is 24.1. The number of carboxylic acid groups (broad SMARTS) is 1. The lowest BCUT2D eigenvalue weighted by molar-refractivity contribution is -0.148. The van der Waals surface area contributed by atoms with E-state index in [0.717, 1.165) is 31.2 Å². The monoisotopic (exact) mass is 342 g/mol. The minimum absolute atomic E-state index is 0.0468. The molecule has 1 aromatic carbocycles. The van der Waals surface area contributed by atoms with Crippen LogP contribution in [0.15, 0.2) is 36.5 Å². The van der Waals surface area contributed by atoms with Crippen LogP contribution < -0.4 is 5.32 Å². The number of hydrogen-bond donors (Lipinski definition) is 2. The summed E-state index contributed by atoms with van der Waals surface area (Å²) in [5, 5.41) is 20.4. The molecule has 1 heterocycles. The summed E-state index contributed by atoms with van der Waals surface area (Å²) in [7, 11) is 0. The molecule has 0 bridgehead atoms. The van der Waals surface area contributed by atoms with Gasteiger partial charge in [0.05, 0.1) is 6.20 Å². The summed E-state index contributed by atoms with van der Waals surface area (Å²) in [6, 6.07) is 9.56. The number of hydrogen-bond acceptors (Lipinski definition) is 4. The van der Waals surface area contributed by atoms with E-state index in [0.29, 0.717) is 18.5 Å². The average Bonchev–Trinajstić information content (AvgIpc) is 2.93. The fraction of sp³-hybridized carbons (Fsp3) is 0.444. The Hall–Kier alpha value is -2.70. The van der Waals surface area contributed by atoms with Crippen LogP contribution in [0, 0.1) is 0 Å². The first-order chi connectivity index (χ1) is 12.1. The summed E-state index contributed by atoms with van der Waals surface area (Å²) >= 11 is 0. The molecular weight excluding hydrogens is 320 g/mol.